The minimum Gasteiger partial charge on any atom is -0.370 e. The summed E-state index contributed by atoms with van der Waals surface area (Å²) in [7, 11) is 0. The van der Waals surface area contributed by atoms with E-state index >= 15 is 0 Å². The number of hydrogen-bond acceptors (Lipinski definition) is 3. The zero-order chi connectivity index (χ0) is 13.1. The van der Waals surface area contributed by atoms with Crippen molar-refractivity contribution < 1.29 is 9.59 Å². The van der Waals surface area contributed by atoms with Crippen LogP contribution in [0.15, 0.2) is 0 Å². The van der Waals surface area contributed by atoms with E-state index in [-0.39, 0.29) is 18.2 Å². The Morgan fingerprint density at radius 2 is 2.06 bits per heavy atom. The largest absolute Gasteiger partial charge is 0.370 e. The third-order valence-electron chi connectivity index (χ3n) is 3.11. The maximum absolute atomic E-state index is 12.0. The summed E-state index contributed by atoms with van der Waals surface area (Å²) in [6.07, 6.45) is 2.07. The van der Waals surface area contributed by atoms with Crippen LogP contribution in [0.25, 0.3) is 0 Å². The number of primary amides is 1. The lowest BCUT2D eigenvalue weighted by molar-refractivity contribution is -0.128. The van der Waals surface area contributed by atoms with Crippen LogP contribution in [0.1, 0.15) is 40.0 Å². The normalized spacial score (nSPS) is 25.4. The van der Waals surface area contributed by atoms with Crippen LogP contribution in [0, 0.1) is 5.92 Å². The molecule has 1 rings (SSSR count). The Kier molecular flexibility index (Phi) is 4.51. The predicted molar refractivity (Wildman–Crippen MR) is 66.2 cm³/mol. The molecule has 1 saturated heterocycles. The Morgan fingerprint density at radius 3 is 2.53 bits per heavy atom. The van der Waals surface area contributed by atoms with Crippen molar-refractivity contribution in [3.05, 3.63) is 0 Å². The van der Waals surface area contributed by atoms with E-state index in [1.165, 1.54) is 0 Å². The number of nitrogens with one attached hydrogen (secondary N) is 2. The Balaban J connectivity index is 2.45. The minimum absolute atomic E-state index is 0.00153. The van der Waals surface area contributed by atoms with E-state index in [2.05, 4.69) is 17.6 Å². The zero-order valence-corrected chi connectivity index (χ0v) is 10.9. The molecule has 0 aromatic carbocycles. The Morgan fingerprint density at radius 1 is 1.41 bits per heavy atom. The van der Waals surface area contributed by atoms with E-state index in [0.29, 0.717) is 12.6 Å². The quantitative estimate of drug-likeness (QED) is 0.655. The van der Waals surface area contributed by atoms with Crippen LogP contribution < -0.4 is 16.4 Å². The molecule has 4 N–H and O–H groups in total. The first-order chi connectivity index (χ1) is 7.80. The van der Waals surface area contributed by atoms with Crippen LogP contribution in [0.5, 0.6) is 0 Å². The molecule has 2 amide bonds. The van der Waals surface area contributed by atoms with Gasteiger partial charge in [0.1, 0.15) is 0 Å². The van der Waals surface area contributed by atoms with Gasteiger partial charge in [-0.1, -0.05) is 0 Å². The third kappa shape index (κ3) is 4.73. The molecular weight excluding hydrogens is 218 g/mol. The molecule has 1 aliphatic rings. The van der Waals surface area contributed by atoms with E-state index in [1.54, 1.807) is 0 Å². The molecular formula is C12H23N3O2. The summed E-state index contributed by atoms with van der Waals surface area (Å²) >= 11 is 0. The van der Waals surface area contributed by atoms with E-state index in [9.17, 15) is 9.59 Å². The molecule has 0 spiro atoms. The van der Waals surface area contributed by atoms with Crippen molar-refractivity contribution in [2.45, 2.75) is 51.6 Å². The van der Waals surface area contributed by atoms with Gasteiger partial charge in [0.2, 0.25) is 11.8 Å². The molecule has 0 aliphatic carbocycles. The van der Waals surface area contributed by atoms with Gasteiger partial charge >= 0.3 is 0 Å². The van der Waals surface area contributed by atoms with Crippen LogP contribution >= 0.6 is 0 Å². The highest BCUT2D eigenvalue weighted by Crippen LogP contribution is 2.16. The molecule has 0 bridgehead atoms. The SMILES string of the molecule is CC1CCC(C(=O)NC(C)(C)CC(N)=O)CN1. The molecule has 17 heavy (non-hydrogen) atoms. The lowest BCUT2D eigenvalue weighted by Crippen LogP contribution is -2.51. The molecule has 5 heteroatoms. The maximum Gasteiger partial charge on any atom is 0.224 e. The molecule has 1 fully saturated rings. The van der Waals surface area contributed by atoms with Gasteiger partial charge in [-0.2, -0.15) is 0 Å². The molecule has 5 nitrogen and oxygen atoms in total. The molecule has 2 unspecified atom stereocenters. The Hall–Kier alpha value is -1.10. The van der Waals surface area contributed by atoms with Gasteiger partial charge in [0.25, 0.3) is 0 Å². The third-order valence-corrected chi connectivity index (χ3v) is 3.11. The number of nitrogens with two attached hydrogens (primary N) is 1. The zero-order valence-electron chi connectivity index (χ0n) is 10.9. The molecule has 0 aromatic rings. The number of carbonyl (C=O) groups is 2. The van der Waals surface area contributed by atoms with Crippen molar-refractivity contribution in [2.24, 2.45) is 11.7 Å². The second kappa shape index (κ2) is 5.49. The summed E-state index contributed by atoms with van der Waals surface area (Å²) in [5, 5.41) is 6.18. The molecule has 2 atom stereocenters. The number of hydrogen-bond donors (Lipinski definition) is 3. The number of amides is 2. The first-order valence-electron chi connectivity index (χ1n) is 6.14. The second-order valence-corrected chi connectivity index (χ2v) is 5.60. The van der Waals surface area contributed by atoms with Gasteiger partial charge in [0, 0.05) is 24.5 Å². The van der Waals surface area contributed by atoms with Crippen LogP contribution in [-0.2, 0) is 9.59 Å². The summed E-state index contributed by atoms with van der Waals surface area (Å²) in [5.74, 6) is -0.389. The van der Waals surface area contributed by atoms with Crippen molar-refractivity contribution in [3.63, 3.8) is 0 Å². The van der Waals surface area contributed by atoms with Gasteiger partial charge in [-0.05, 0) is 33.6 Å². The lowest BCUT2D eigenvalue weighted by Gasteiger charge is -2.31. The van der Waals surface area contributed by atoms with E-state index in [4.69, 9.17) is 5.73 Å². The molecule has 98 valence electrons. The highest BCUT2D eigenvalue weighted by Gasteiger charge is 2.29. The highest BCUT2D eigenvalue weighted by molar-refractivity contribution is 5.81. The lowest BCUT2D eigenvalue weighted by atomic mass is 9.92. The summed E-state index contributed by atoms with van der Waals surface area (Å²) in [6.45, 7) is 6.45. The summed E-state index contributed by atoms with van der Waals surface area (Å²) < 4.78 is 0. The van der Waals surface area contributed by atoms with Gasteiger partial charge in [-0.15, -0.1) is 0 Å². The van der Waals surface area contributed by atoms with Gasteiger partial charge in [-0.3, -0.25) is 9.59 Å². The Bertz CT molecular complexity index is 294. The molecule has 0 aromatic heterocycles. The molecule has 0 saturated carbocycles. The van der Waals surface area contributed by atoms with Crippen molar-refractivity contribution in [1.82, 2.24) is 10.6 Å². The minimum atomic E-state index is -0.564. The van der Waals surface area contributed by atoms with Crippen molar-refractivity contribution in [3.8, 4) is 0 Å². The maximum atomic E-state index is 12.0. The standard InChI is InChI=1S/C12H23N3O2/c1-8-4-5-9(7-14-8)11(17)15-12(2,3)6-10(13)16/h8-9,14H,4-7H2,1-3H3,(H2,13,16)(H,15,17). The topological polar surface area (TPSA) is 84.2 Å². The number of piperidine rings is 1. The first-order valence-corrected chi connectivity index (χ1v) is 6.14. The van der Waals surface area contributed by atoms with E-state index in [0.717, 1.165) is 12.8 Å². The summed E-state index contributed by atoms with van der Waals surface area (Å²) in [5.41, 5.74) is 4.58. The van der Waals surface area contributed by atoms with Gasteiger partial charge in [-0.25, -0.2) is 0 Å². The average molecular weight is 241 g/mol. The number of rotatable bonds is 4. The molecule has 1 heterocycles. The average Bonchev–Trinajstić information content (AvgIpc) is 2.15. The van der Waals surface area contributed by atoms with Gasteiger partial charge < -0.3 is 16.4 Å². The second-order valence-electron chi connectivity index (χ2n) is 5.60. The summed E-state index contributed by atoms with van der Waals surface area (Å²) in [6, 6.07) is 0.484. The smallest absolute Gasteiger partial charge is 0.224 e. The summed E-state index contributed by atoms with van der Waals surface area (Å²) in [4.78, 5) is 22.9. The van der Waals surface area contributed by atoms with E-state index < -0.39 is 11.4 Å². The Labute approximate surface area is 103 Å². The van der Waals surface area contributed by atoms with Crippen LogP contribution in [0.3, 0.4) is 0 Å². The van der Waals surface area contributed by atoms with Gasteiger partial charge in [0.05, 0.1) is 5.92 Å². The number of carbonyl (C=O) groups excluding carboxylic acids is 2. The van der Waals surface area contributed by atoms with E-state index in [1.807, 2.05) is 13.8 Å². The van der Waals surface area contributed by atoms with Crippen LogP contribution in [0.4, 0.5) is 0 Å². The fourth-order valence-corrected chi connectivity index (χ4v) is 2.14. The van der Waals surface area contributed by atoms with Crippen LogP contribution in [-0.4, -0.2) is 29.9 Å². The van der Waals surface area contributed by atoms with Crippen molar-refractivity contribution in [2.75, 3.05) is 6.54 Å². The van der Waals surface area contributed by atoms with Crippen LogP contribution in [0.2, 0.25) is 0 Å². The van der Waals surface area contributed by atoms with Crippen molar-refractivity contribution in [1.29, 1.82) is 0 Å². The fourth-order valence-electron chi connectivity index (χ4n) is 2.14. The highest BCUT2D eigenvalue weighted by atomic mass is 16.2. The first kappa shape index (κ1) is 14.0. The molecule has 0 radical (unpaired) electrons. The van der Waals surface area contributed by atoms with Crippen molar-refractivity contribution >= 4 is 11.8 Å². The molecule has 1 aliphatic heterocycles. The van der Waals surface area contributed by atoms with Gasteiger partial charge in [0.15, 0.2) is 0 Å². The fraction of sp³-hybridized carbons (Fsp3) is 0.833. The monoisotopic (exact) mass is 241 g/mol. The predicted octanol–water partition coefficient (Wildman–Crippen LogP) is 0.145.